The maximum absolute atomic E-state index is 13.1. The molecule has 1 heterocycles. The second-order valence-corrected chi connectivity index (χ2v) is 6.27. The van der Waals surface area contributed by atoms with Crippen molar-refractivity contribution < 1.29 is 33.0 Å². The quantitative estimate of drug-likeness (QED) is 0.867. The van der Waals surface area contributed by atoms with Gasteiger partial charge in [-0.05, 0) is 25.0 Å². The lowest BCUT2D eigenvalue weighted by molar-refractivity contribution is -0.162. The van der Waals surface area contributed by atoms with Crippen LogP contribution in [0.1, 0.15) is 42.1 Å². The number of carboxylic acids is 1. The standard InChI is InChI=1S/C17H20F3NO4/c1-2-7-16(15(24)25)8-9-21(10-13(16)22)14(23)11-5-3-4-6-12(11)17(18,19)20/h3-6,13,22H,2,7-10H2,1H3,(H,24,25)/t13-,16-/m0/s1. The van der Waals surface area contributed by atoms with E-state index in [0.29, 0.717) is 6.42 Å². The smallest absolute Gasteiger partial charge is 0.417 e. The predicted octanol–water partition coefficient (Wildman–Crippen LogP) is 2.78. The van der Waals surface area contributed by atoms with Gasteiger partial charge in [-0.1, -0.05) is 25.5 Å². The van der Waals surface area contributed by atoms with Gasteiger partial charge >= 0.3 is 12.1 Å². The number of carbonyl (C=O) groups is 2. The van der Waals surface area contributed by atoms with Crippen LogP contribution in [0.25, 0.3) is 0 Å². The minimum Gasteiger partial charge on any atom is -0.481 e. The van der Waals surface area contributed by atoms with Gasteiger partial charge in [0.05, 0.1) is 22.6 Å². The second-order valence-electron chi connectivity index (χ2n) is 6.27. The van der Waals surface area contributed by atoms with E-state index in [9.17, 15) is 33.0 Å². The average Bonchev–Trinajstić information content (AvgIpc) is 2.55. The van der Waals surface area contributed by atoms with Gasteiger partial charge in [0.2, 0.25) is 0 Å². The Hall–Kier alpha value is -2.09. The van der Waals surface area contributed by atoms with Crippen LogP contribution in [0.5, 0.6) is 0 Å². The number of amides is 1. The van der Waals surface area contributed by atoms with E-state index in [1.54, 1.807) is 6.92 Å². The zero-order chi connectivity index (χ0) is 18.8. The van der Waals surface area contributed by atoms with Crippen LogP contribution in [0.2, 0.25) is 0 Å². The molecular formula is C17H20F3NO4. The van der Waals surface area contributed by atoms with Crippen LogP contribution in [0.3, 0.4) is 0 Å². The molecule has 138 valence electrons. The maximum atomic E-state index is 13.1. The van der Waals surface area contributed by atoms with Crippen LogP contribution in [-0.2, 0) is 11.0 Å². The summed E-state index contributed by atoms with van der Waals surface area (Å²) in [5.74, 6) is -2.01. The summed E-state index contributed by atoms with van der Waals surface area (Å²) in [6.45, 7) is 1.46. The van der Waals surface area contributed by atoms with Crippen molar-refractivity contribution in [3.63, 3.8) is 0 Å². The topological polar surface area (TPSA) is 77.8 Å². The molecule has 0 spiro atoms. The Labute approximate surface area is 143 Å². The van der Waals surface area contributed by atoms with E-state index in [0.717, 1.165) is 17.0 Å². The normalized spacial score (nSPS) is 24.2. The number of rotatable bonds is 4. The number of carbonyl (C=O) groups excluding carboxylic acids is 1. The molecule has 1 saturated heterocycles. The number of likely N-dealkylation sites (tertiary alicyclic amines) is 1. The summed E-state index contributed by atoms with van der Waals surface area (Å²) in [6, 6.07) is 4.44. The summed E-state index contributed by atoms with van der Waals surface area (Å²) >= 11 is 0. The molecule has 0 unspecified atom stereocenters. The highest BCUT2D eigenvalue weighted by molar-refractivity contribution is 5.96. The highest BCUT2D eigenvalue weighted by atomic mass is 19.4. The Morgan fingerprint density at radius 3 is 2.48 bits per heavy atom. The molecule has 1 aliphatic rings. The lowest BCUT2D eigenvalue weighted by atomic mass is 9.72. The van der Waals surface area contributed by atoms with Crippen LogP contribution in [-0.4, -0.2) is 46.2 Å². The van der Waals surface area contributed by atoms with Gasteiger partial charge < -0.3 is 15.1 Å². The second kappa shape index (κ2) is 7.03. The highest BCUT2D eigenvalue weighted by Crippen LogP contribution is 2.38. The first-order chi connectivity index (χ1) is 11.6. The number of carboxylic acid groups (broad SMARTS) is 1. The van der Waals surface area contributed by atoms with E-state index >= 15 is 0 Å². The van der Waals surface area contributed by atoms with Gasteiger partial charge in [-0.3, -0.25) is 9.59 Å². The number of aliphatic carboxylic acids is 1. The Balaban J connectivity index is 2.26. The lowest BCUT2D eigenvalue weighted by Crippen LogP contribution is -2.56. The first-order valence-corrected chi connectivity index (χ1v) is 8.00. The minimum absolute atomic E-state index is 0.00271. The van der Waals surface area contributed by atoms with Crippen LogP contribution in [0.4, 0.5) is 13.2 Å². The molecule has 1 fully saturated rings. The molecule has 0 aromatic heterocycles. The fraction of sp³-hybridized carbons (Fsp3) is 0.529. The number of β-amino-alcohol motifs (C(OH)–C–C–N with tert-alkyl or cyclic N) is 1. The molecule has 8 heteroatoms. The molecule has 1 amide bonds. The van der Waals surface area contributed by atoms with Crippen molar-refractivity contribution in [2.75, 3.05) is 13.1 Å². The van der Waals surface area contributed by atoms with Crippen LogP contribution < -0.4 is 0 Å². The molecule has 1 aromatic carbocycles. The SMILES string of the molecule is CCC[C@]1(C(=O)O)CCN(C(=O)c2ccccc2C(F)(F)F)C[C@@H]1O. The number of alkyl halides is 3. The fourth-order valence-electron chi connectivity index (χ4n) is 3.34. The first-order valence-electron chi connectivity index (χ1n) is 8.00. The maximum Gasteiger partial charge on any atom is 0.417 e. The van der Waals surface area contributed by atoms with Gasteiger partial charge in [0.25, 0.3) is 5.91 Å². The number of halogens is 3. The fourth-order valence-corrected chi connectivity index (χ4v) is 3.34. The summed E-state index contributed by atoms with van der Waals surface area (Å²) in [7, 11) is 0. The molecule has 1 aromatic rings. The largest absolute Gasteiger partial charge is 0.481 e. The molecule has 0 saturated carbocycles. The number of hydrogen-bond donors (Lipinski definition) is 2. The molecule has 2 N–H and O–H groups in total. The number of benzene rings is 1. The summed E-state index contributed by atoms with van der Waals surface area (Å²) in [5, 5.41) is 19.8. The molecule has 1 aliphatic heterocycles. The van der Waals surface area contributed by atoms with E-state index in [1.807, 2.05) is 0 Å². The van der Waals surface area contributed by atoms with Crippen LogP contribution >= 0.6 is 0 Å². The molecule has 2 rings (SSSR count). The third-order valence-electron chi connectivity index (χ3n) is 4.73. The first kappa shape index (κ1) is 19.2. The van der Waals surface area contributed by atoms with E-state index in [4.69, 9.17) is 0 Å². The third kappa shape index (κ3) is 3.63. The zero-order valence-corrected chi connectivity index (χ0v) is 13.7. The number of hydrogen-bond acceptors (Lipinski definition) is 3. The Morgan fingerprint density at radius 2 is 1.96 bits per heavy atom. The van der Waals surface area contributed by atoms with Gasteiger partial charge in [-0.15, -0.1) is 0 Å². The van der Waals surface area contributed by atoms with Gasteiger partial charge in [-0.25, -0.2) is 0 Å². The van der Waals surface area contributed by atoms with Crippen molar-refractivity contribution in [2.45, 2.75) is 38.5 Å². The van der Waals surface area contributed by atoms with E-state index in [2.05, 4.69) is 0 Å². The molecular weight excluding hydrogens is 339 g/mol. The van der Waals surface area contributed by atoms with Gasteiger partial charge in [0, 0.05) is 13.1 Å². The highest BCUT2D eigenvalue weighted by Gasteiger charge is 2.49. The lowest BCUT2D eigenvalue weighted by Gasteiger charge is -2.42. The van der Waals surface area contributed by atoms with Crippen molar-refractivity contribution in [3.05, 3.63) is 35.4 Å². The number of aliphatic hydroxyl groups is 1. The summed E-state index contributed by atoms with van der Waals surface area (Å²) in [4.78, 5) is 25.2. The predicted molar refractivity (Wildman–Crippen MR) is 82.9 cm³/mol. The number of nitrogens with zero attached hydrogens (tertiary/aromatic N) is 1. The van der Waals surface area contributed by atoms with Crippen molar-refractivity contribution >= 4 is 11.9 Å². The average molecular weight is 359 g/mol. The van der Waals surface area contributed by atoms with Crippen molar-refractivity contribution in [3.8, 4) is 0 Å². The molecule has 0 bridgehead atoms. The summed E-state index contributed by atoms with van der Waals surface area (Å²) in [5.41, 5.74) is -2.91. The molecule has 0 radical (unpaired) electrons. The number of piperidine rings is 1. The van der Waals surface area contributed by atoms with Gasteiger partial charge in [0.1, 0.15) is 0 Å². The number of aliphatic hydroxyl groups excluding tert-OH is 1. The third-order valence-corrected chi connectivity index (χ3v) is 4.73. The monoisotopic (exact) mass is 359 g/mol. The van der Waals surface area contributed by atoms with Crippen LogP contribution in [0.15, 0.2) is 24.3 Å². The van der Waals surface area contributed by atoms with E-state index in [1.165, 1.54) is 12.1 Å². The molecule has 25 heavy (non-hydrogen) atoms. The van der Waals surface area contributed by atoms with E-state index < -0.39 is 40.7 Å². The Bertz CT molecular complexity index is 662. The van der Waals surface area contributed by atoms with Crippen molar-refractivity contribution in [1.82, 2.24) is 4.90 Å². The molecule has 0 aliphatic carbocycles. The summed E-state index contributed by atoms with van der Waals surface area (Å²) in [6.07, 6.45) is -5.23. The molecule has 5 nitrogen and oxygen atoms in total. The molecule has 2 atom stereocenters. The summed E-state index contributed by atoms with van der Waals surface area (Å²) < 4.78 is 39.3. The van der Waals surface area contributed by atoms with Gasteiger partial charge in [-0.2, -0.15) is 13.2 Å². The zero-order valence-electron chi connectivity index (χ0n) is 13.7. The van der Waals surface area contributed by atoms with Crippen LogP contribution in [0, 0.1) is 5.41 Å². The Kier molecular flexibility index (Phi) is 5.41. The van der Waals surface area contributed by atoms with E-state index in [-0.39, 0.29) is 25.9 Å². The minimum atomic E-state index is -4.67. The Morgan fingerprint density at radius 1 is 1.32 bits per heavy atom. The van der Waals surface area contributed by atoms with Crippen molar-refractivity contribution in [1.29, 1.82) is 0 Å². The van der Waals surface area contributed by atoms with Gasteiger partial charge in [0.15, 0.2) is 0 Å². The van der Waals surface area contributed by atoms with Crippen molar-refractivity contribution in [2.24, 2.45) is 5.41 Å².